The van der Waals surface area contributed by atoms with Crippen molar-refractivity contribution in [3.05, 3.63) is 32.1 Å². The van der Waals surface area contributed by atoms with E-state index >= 15 is 0 Å². The lowest BCUT2D eigenvalue weighted by Gasteiger charge is -2.31. The molecule has 5 rings (SSSR count). The molecule has 4 heterocycles. The standard InChI is InChI=1S/C20H22N6O3S3/c27-15(26-6-4-11(5-7-26)17(28)24-20-25-21-10-31-20)9-30-8-14-22-18(29)16-12-2-1-3-13(12)32-19(16)23-14/h10-11H,1-9H2,(H,22,23,29)(H,24,25,28). The van der Waals surface area contributed by atoms with Gasteiger partial charge in [0.1, 0.15) is 16.2 Å². The van der Waals surface area contributed by atoms with Crippen LogP contribution in [0, 0.1) is 5.92 Å². The van der Waals surface area contributed by atoms with Gasteiger partial charge in [-0.2, -0.15) is 0 Å². The third kappa shape index (κ3) is 4.44. The minimum atomic E-state index is -0.121. The number of aryl methyl sites for hydroxylation is 2. The molecule has 0 saturated carbocycles. The zero-order chi connectivity index (χ0) is 22.1. The SMILES string of the molecule is O=C(Nc1nncs1)C1CCN(C(=O)CSCc2nc3sc4c(c3c(=O)[nH]2)CCC4)CC1. The van der Waals surface area contributed by atoms with Crippen LogP contribution in [0.3, 0.4) is 0 Å². The molecular weight excluding hydrogens is 468 g/mol. The van der Waals surface area contributed by atoms with E-state index in [1.807, 2.05) is 4.90 Å². The normalized spacial score (nSPS) is 16.4. The Balaban J connectivity index is 1.10. The summed E-state index contributed by atoms with van der Waals surface area (Å²) in [6.45, 7) is 1.13. The second-order valence-corrected chi connectivity index (χ2v) is 10.8. The van der Waals surface area contributed by atoms with E-state index in [0.717, 1.165) is 29.5 Å². The number of piperidine rings is 1. The Labute approximate surface area is 196 Å². The number of amides is 2. The fourth-order valence-corrected chi connectivity index (χ4v) is 6.79. The minimum Gasteiger partial charge on any atom is -0.342 e. The molecule has 1 aliphatic heterocycles. The van der Waals surface area contributed by atoms with Gasteiger partial charge in [-0.25, -0.2) is 4.98 Å². The smallest absolute Gasteiger partial charge is 0.259 e. The quantitative estimate of drug-likeness (QED) is 0.544. The number of nitrogens with one attached hydrogen (secondary N) is 2. The summed E-state index contributed by atoms with van der Waals surface area (Å²) < 4.78 is 0. The monoisotopic (exact) mass is 490 g/mol. The zero-order valence-electron chi connectivity index (χ0n) is 17.3. The maximum absolute atomic E-state index is 12.6. The van der Waals surface area contributed by atoms with Crippen molar-refractivity contribution in [1.82, 2.24) is 25.1 Å². The van der Waals surface area contributed by atoms with Gasteiger partial charge in [0.05, 0.1) is 16.9 Å². The van der Waals surface area contributed by atoms with Crippen LogP contribution in [-0.4, -0.2) is 55.7 Å². The van der Waals surface area contributed by atoms with Crippen molar-refractivity contribution in [2.45, 2.75) is 37.9 Å². The Bertz CT molecular complexity index is 1200. The summed E-state index contributed by atoms with van der Waals surface area (Å²) in [7, 11) is 0. The van der Waals surface area contributed by atoms with E-state index in [2.05, 4.69) is 25.5 Å². The third-order valence-corrected chi connectivity index (χ3v) is 8.62. The first-order chi connectivity index (χ1) is 15.6. The van der Waals surface area contributed by atoms with E-state index in [9.17, 15) is 14.4 Å². The van der Waals surface area contributed by atoms with Gasteiger partial charge in [-0.3, -0.25) is 14.4 Å². The highest BCUT2D eigenvalue weighted by Crippen LogP contribution is 2.34. The Morgan fingerprint density at radius 3 is 2.91 bits per heavy atom. The number of thiophene rings is 1. The molecule has 0 spiro atoms. The van der Waals surface area contributed by atoms with Crippen molar-refractivity contribution in [1.29, 1.82) is 0 Å². The molecule has 12 heteroatoms. The van der Waals surface area contributed by atoms with Crippen LogP contribution in [0.1, 0.15) is 35.5 Å². The second-order valence-electron chi connectivity index (χ2n) is 7.93. The van der Waals surface area contributed by atoms with Gasteiger partial charge in [-0.15, -0.1) is 33.3 Å². The van der Waals surface area contributed by atoms with Crippen LogP contribution in [-0.2, 0) is 28.2 Å². The van der Waals surface area contributed by atoms with E-state index in [1.165, 1.54) is 33.5 Å². The molecule has 9 nitrogen and oxygen atoms in total. The lowest BCUT2D eigenvalue weighted by Crippen LogP contribution is -2.42. The van der Waals surface area contributed by atoms with Gasteiger partial charge >= 0.3 is 0 Å². The van der Waals surface area contributed by atoms with Gasteiger partial charge in [-0.1, -0.05) is 11.3 Å². The molecule has 3 aromatic rings. The Kier molecular flexibility index (Phi) is 6.24. The van der Waals surface area contributed by atoms with Crippen LogP contribution in [0.15, 0.2) is 10.3 Å². The maximum Gasteiger partial charge on any atom is 0.259 e. The minimum absolute atomic E-state index is 0.0523. The van der Waals surface area contributed by atoms with E-state index < -0.39 is 0 Å². The number of likely N-dealkylation sites (tertiary alicyclic amines) is 1. The number of anilines is 1. The van der Waals surface area contributed by atoms with Crippen molar-refractivity contribution >= 4 is 61.6 Å². The van der Waals surface area contributed by atoms with Crippen molar-refractivity contribution in [3.63, 3.8) is 0 Å². The molecule has 32 heavy (non-hydrogen) atoms. The van der Waals surface area contributed by atoms with Crippen LogP contribution < -0.4 is 10.9 Å². The first kappa shape index (κ1) is 21.5. The molecule has 0 aromatic carbocycles. The van der Waals surface area contributed by atoms with Gasteiger partial charge in [-0.05, 0) is 37.7 Å². The number of carbonyl (C=O) groups is 2. The number of thioether (sulfide) groups is 1. The van der Waals surface area contributed by atoms with Crippen LogP contribution in [0.4, 0.5) is 5.13 Å². The van der Waals surface area contributed by atoms with Crippen LogP contribution >= 0.6 is 34.4 Å². The summed E-state index contributed by atoms with van der Waals surface area (Å²) in [5.41, 5.74) is 2.68. The number of aromatic nitrogens is 4. The largest absolute Gasteiger partial charge is 0.342 e. The van der Waals surface area contributed by atoms with Crippen molar-refractivity contribution in [2.75, 3.05) is 24.2 Å². The highest BCUT2D eigenvalue weighted by atomic mass is 32.2. The average Bonchev–Trinajstić information content (AvgIpc) is 3.51. The van der Waals surface area contributed by atoms with E-state index in [4.69, 9.17) is 0 Å². The summed E-state index contributed by atoms with van der Waals surface area (Å²) in [6, 6.07) is 0. The third-order valence-electron chi connectivity index (χ3n) is 5.90. The maximum atomic E-state index is 12.6. The predicted molar refractivity (Wildman–Crippen MR) is 126 cm³/mol. The van der Waals surface area contributed by atoms with Gasteiger partial charge in [0, 0.05) is 23.9 Å². The van der Waals surface area contributed by atoms with E-state index in [1.54, 1.807) is 16.8 Å². The average molecular weight is 491 g/mol. The molecule has 0 bridgehead atoms. The molecule has 0 radical (unpaired) electrons. The Morgan fingerprint density at radius 2 is 2.12 bits per heavy atom. The molecule has 0 unspecified atom stereocenters. The molecule has 2 N–H and O–H groups in total. The number of nitrogens with zero attached hydrogens (tertiary/aromatic N) is 4. The topological polar surface area (TPSA) is 121 Å². The van der Waals surface area contributed by atoms with Crippen molar-refractivity contribution in [2.24, 2.45) is 5.92 Å². The number of hydrogen-bond donors (Lipinski definition) is 2. The van der Waals surface area contributed by atoms with Gasteiger partial charge in [0.2, 0.25) is 16.9 Å². The number of carbonyl (C=O) groups excluding carboxylic acids is 2. The summed E-state index contributed by atoms with van der Waals surface area (Å²) in [5.74, 6) is 1.30. The lowest BCUT2D eigenvalue weighted by molar-refractivity contribution is -0.132. The molecule has 2 amide bonds. The number of aromatic amines is 1. The van der Waals surface area contributed by atoms with Crippen LogP contribution in [0.25, 0.3) is 10.2 Å². The molecule has 168 valence electrons. The Morgan fingerprint density at radius 1 is 1.28 bits per heavy atom. The van der Waals surface area contributed by atoms with Crippen molar-refractivity contribution in [3.8, 4) is 0 Å². The molecule has 1 aliphatic carbocycles. The van der Waals surface area contributed by atoms with Crippen molar-refractivity contribution < 1.29 is 9.59 Å². The molecule has 1 saturated heterocycles. The summed E-state index contributed by atoms with van der Waals surface area (Å²) in [6.07, 6.45) is 4.38. The predicted octanol–water partition coefficient (Wildman–Crippen LogP) is 2.44. The molecule has 1 fully saturated rings. The lowest BCUT2D eigenvalue weighted by atomic mass is 9.96. The van der Waals surface area contributed by atoms with E-state index in [-0.39, 0.29) is 23.3 Å². The van der Waals surface area contributed by atoms with Crippen LogP contribution in [0.2, 0.25) is 0 Å². The van der Waals surface area contributed by atoms with Crippen LogP contribution in [0.5, 0.6) is 0 Å². The van der Waals surface area contributed by atoms with Gasteiger partial charge < -0.3 is 15.2 Å². The molecule has 2 aliphatic rings. The summed E-state index contributed by atoms with van der Waals surface area (Å²) in [4.78, 5) is 48.9. The molecular formula is C20H22N6O3S3. The Hall–Kier alpha value is -2.31. The molecule has 3 aromatic heterocycles. The number of hydrogen-bond acceptors (Lipinski definition) is 9. The summed E-state index contributed by atoms with van der Waals surface area (Å²) >= 11 is 4.37. The van der Waals surface area contributed by atoms with Gasteiger partial charge in [0.15, 0.2) is 0 Å². The highest BCUT2D eigenvalue weighted by molar-refractivity contribution is 7.99. The van der Waals surface area contributed by atoms with Gasteiger partial charge in [0.25, 0.3) is 5.56 Å². The fraction of sp³-hybridized carbons (Fsp3) is 0.500. The molecule has 0 atom stereocenters. The highest BCUT2D eigenvalue weighted by Gasteiger charge is 2.28. The number of rotatable bonds is 6. The zero-order valence-corrected chi connectivity index (χ0v) is 19.7. The number of H-pyrrole nitrogens is 1. The number of fused-ring (bicyclic) bond motifs is 3. The summed E-state index contributed by atoms with van der Waals surface area (Å²) in [5, 5.41) is 11.6. The first-order valence-electron chi connectivity index (χ1n) is 10.5. The first-order valence-corrected chi connectivity index (χ1v) is 13.4. The van der Waals surface area contributed by atoms with E-state index in [0.29, 0.717) is 48.4 Å². The fourth-order valence-electron chi connectivity index (χ4n) is 4.27. The second kappa shape index (κ2) is 9.28.